The van der Waals surface area contributed by atoms with Gasteiger partial charge in [-0.2, -0.15) is 0 Å². The Kier molecular flexibility index (Phi) is 4.89. The first-order valence-corrected chi connectivity index (χ1v) is 5.64. The summed E-state index contributed by atoms with van der Waals surface area (Å²) in [5.41, 5.74) is 2.08. The minimum atomic E-state index is 0.655. The van der Waals surface area contributed by atoms with E-state index in [1.165, 1.54) is 6.42 Å². The molecule has 0 saturated heterocycles. The fourth-order valence-electron chi connectivity index (χ4n) is 1.52. The van der Waals surface area contributed by atoms with E-state index >= 15 is 0 Å². The molecule has 0 unspecified atom stereocenters. The van der Waals surface area contributed by atoms with E-state index in [1.54, 1.807) is 13.3 Å². The molecule has 1 aromatic heterocycles. The summed E-state index contributed by atoms with van der Waals surface area (Å²) in [6.07, 6.45) is 4.08. The van der Waals surface area contributed by atoms with Crippen LogP contribution in [-0.2, 0) is 0 Å². The summed E-state index contributed by atoms with van der Waals surface area (Å²) in [5, 5.41) is 3.39. The van der Waals surface area contributed by atoms with Crippen molar-refractivity contribution in [2.24, 2.45) is 0 Å². The lowest BCUT2D eigenvalue weighted by molar-refractivity contribution is 0.400. The Bertz CT molecular complexity index is 326. The Morgan fingerprint density at radius 1 is 1.44 bits per heavy atom. The highest BCUT2D eigenvalue weighted by molar-refractivity contribution is 5.74. The van der Waals surface area contributed by atoms with Crippen LogP contribution < -0.4 is 15.0 Å². The van der Waals surface area contributed by atoms with Crippen molar-refractivity contribution in [2.45, 2.75) is 19.8 Å². The molecule has 0 aromatic carbocycles. The molecule has 1 aromatic rings. The second kappa shape index (κ2) is 6.20. The molecule has 0 aliphatic rings. The first-order valence-electron chi connectivity index (χ1n) is 5.64. The molecule has 0 saturated carbocycles. The first-order chi connectivity index (χ1) is 7.70. The van der Waals surface area contributed by atoms with Gasteiger partial charge >= 0.3 is 0 Å². The number of ether oxygens (including phenoxy) is 1. The lowest BCUT2D eigenvalue weighted by Gasteiger charge is -2.19. The van der Waals surface area contributed by atoms with E-state index < -0.39 is 0 Å². The lowest BCUT2D eigenvalue weighted by atomic mass is 10.3. The molecule has 0 aliphatic carbocycles. The van der Waals surface area contributed by atoms with Gasteiger partial charge in [0.25, 0.3) is 0 Å². The highest BCUT2D eigenvalue weighted by Gasteiger charge is 2.10. The van der Waals surface area contributed by atoms with Crippen LogP contribution in [0.3, 0.4) is 0 Å². The van der Waals surface area contributed by atoms with Crippen LogP contribution in [-0.4, -0.2) is 32.7 Å². The number of nitrogens with zero attached hydrogens (tertiary/aromatic N) is 2. The molecule has 16 heavy (non-hydrogen) atoms. The predicted octanol–water partition coefficient (Wildman–Crippen LogP) is 2.37. The fourth-order valence-corrected chi connectivity index (χ4v) is 1.52. The van der Waals surface area contributed by atoms with E-state index in [4.69, 9.17) is 4.74 Å². The number of unbranched alkanes of at least 4 members (excludes halogenated alkanes) is 1. The van der Waals surface area contributed by atoms with Gasteiger partial charge < -0.3 is 15.0 Å². The van der Waals surface area contributed by atoms with Crippen molar-refractivity contribution in [1.29, 1.82) is 0 Å². The third-order valence-corrected chi connectivity index (χ3v) is 2.40. The predicted molar refractivity (Wildman–Crippen MR) is 68.5 cm³/mol. The minimum absolute atomic E-state index is 0.655. The van der Waals surface area contributed by atoms with Crippen LogP contribution in [0.25, 0.3) is 0 Å². The van der Waals surface area contributed by atoms with Crippen molar-refractivity contribution in [3.8, 4) is 5.88 Å². The highest BCUT2D eigenvalue weighted by Crippen LogP contribution is 2.31. The number of methoxy groups -OCH3 is 1. The molecule has 0 spiro atoms. The molecule has 1 rings (SSSR count). The Morgan fingerprint density at radius 3 is 2.75 bits per heavy atom. The van der Waals surface area contributed by atoms with E-state index in [9.17, 15) is 0 Å². The largest absolute Gasteiger partial charge is 0.479 e. The molecule has 0 amide bonds. The first kappa shape index (κ1) is 12.6. The van der Waals surface area contributed by atoms with Crippen LogP contribution in [0.4, 0.5) is 11.4 Å². The van der Waals surface area contributed by atoms with Crippen LogP contribution in [0.1, 0.15) is 19.8 Å². The van der Waals surface area contributed by atoms with Gasteiger partial charge in [-0.25, -0.2) is 4.98 Å². The van der Waals surface area contributed by atoms with Gasteiger partial charge in [0.2, 0.25) is 5.88 Å². The SMILES string of the molecule is CCCCNc1c(N(C)C)ccnc1OC. The number of aromatic nitrogens is 1. The summed E-state index contributed by atoms with van der Waals surface area (Å²) in [7, 11) is 5.67. The van der Waals surface area contributed by atoms with Gasteiger partial charge in [0.15, 0.2) is 0 Å². The zero-order chi connectivity index (χ0) is 12.0. The van der Waals surface area contributed by atoms with Gasteiger partial charge in [-0.1, -0.05) is 13.3 Å². The third-order valence-electron chi connectivity index (χ3n) is 2.40. The van der Waals surface area contributed by atoms with Crippen molar-refractivity contribution in [3.05, 3.63) is 12.3 Å². The van der Waals surface area contributed by atoms with Gasteiger partial charge in [-0.3, -0.25) is 0 Å². The summed E-state index contributed by atoms with van der Waals surface area (Å²) in [5.74, 6) is 0.655. The van der Waals surface area contributed by atoms with E-state index in [-0.39, 0.29) is 0 Å². The molecule has 0 fully saturated rings. The van der Waals surface area contributed by atoms with Crippen molar-refractivity contribution >= 4 is 11.4 Å². The van der Waals surface area contributed by atoms with Crippen molar-refractivity contribution in [2.75, 3.05) is 38.0 Å². The maximum atomic E-state index is 5.27. The molecule has 0 aliphatic heterocycles. The molecule has 4 heteroatoms. The molecule has 0 bridgehead atoms. The van der Waals surface area contributed by atoms with Crippen LogP contribution in [0.15, 0.2) is 12.3 Å². The number of hydrogen-bond acceptors (Lipinski definition) is 4. The summed E-state index contributed by atoms with van der Waals surface area (Å²) >= 11 is 0. The number of nitrogens with one attached hydrogen (secondary N) is 1. The molecule has 0 atom stereocenters. The number of hydrogen-bond donors (Lipinski definition) is 1. The van der Waals surface area contributed by atoms with Crippen LogP contribution in [0.5, 0.6) is 5.88 Å². The van der Waals surface area contributed by atoms with Crippen molar-refractivity contribution < 1.29 is 4.74 Å². The van der Waals surface area contributed by atoms with Gasteiger partial charge in [0, 0.05) is 26.8 Å². The Morgan fingerprint density at radius 2 is 2.19 bits per heavy atom. The standard InChI is InChI=1S/C12H21N3O/c1-5-6-8-13-11-10(15(2)3)7-9-14-12(11)16-4/h7,9,13H,5-6,8H2,1-4H3. The average molecular weight is 223 g/mol. The number of rotatable bonds is 6. The van der Waals surface area contributed by atoms with Crippen LogP contribution in [0.2, 0.25) is 0 Å². The number of pyridine rings is 1. The molecule has 1 heterocycles. The molecular formula is C12H21N3O. The smallest absolute Gasteiger partial charge is 0.239 e. The molecular weight excluding hydrogens is 202 g/mol. The van der Waals surface area contributed by atoms with Crippen molar-refractivity contribution in [1.82, 2.24) is 4.98 Å². The Balaban J connectivity index is 2.91. The lowest BCUT2D eigenvalue weighted by Crippen LogP contribution is -2.14. The molecule has 0 radical (unpaired) electrons. The van der Waals surface area contributed by atoms with E-state index in [2.05, 4.69) is 22.1 Å². The molecule has 1 N–H and O–H groups in total. The average Bonchev–Trinajstić information content (AvgIpc) is 2.29. The Labute approximate surface area is 97.6 Å². The fraction of sp³-hybridized carbons (Fsp3) is 0.583. The molecule has 90 valence electrons. The third kappa shape index (κ3) is 3.02. The number of anilines is 2. The second-order valence-electron chi connectivity index (χ2n) is 3.89. The zero-order valence-electron chi connectivity index (χ0n) is 10.6. The van der Waals surface area contributed by atoms with E-state index in [1.807, 2.05) is 20.2 Å². The topological polar surface area (TPSA) is 37.4 Å². The highest BCUT2D eigenvalue weighted by atomic mass is 16.5. The maximum absolute atomic E-state index is 5.27. The maximum Gasteiger partial charge on any atom is 0.239 e. The van der Waals surface area contributed by atoms with Gasteiger partial charge in [-0.15, -0.1) is 0 Å². The molecule has 4 nitrogen and oxygen atoms in total. The second-order valence-corrected chi connectivity index (χ2v) is 3.89. The normalized spacial score (nSPS) is 10.0. The summed E-state index contributed by atoms with van der Waals surface area (Å²) in [6, 6.07) is 1.98. The monoisotopic (exact) mass is 223 g/mol. The summed E-state index contributed by atoms with van der Waals surface area (Å²) in [6.45, 7) is 3.12. The zero-order valence-corrected chi connectivity index (χ0v) is 10.6. The van der Waals surface area contributed by atoms with Crippen molar-refractivity contribution in [3.63, 3.8) is 0 Å². The van der Waals surface area contributed by atoms with E-state index in [0.717, 1.165) is 24.3 Å². The van der Waals surface area contributed by atoms with Crippen LogP contribution >= 0.6 is 0 Å². The van der Waals surface area contributed by atoms with Gasteiger partial charge in [0.1, 0.15) is 5.69 Å². The van der Waals surface area contributed by atoms with Crippen LogP contribution in [0, 0.1) is 0 Å². The summed E-state index contributed by atoms with van der Waals surface area (Å²) < 4.78 is 5.27. The Hall–Kier alpha value is -1.45. The van der Waals surface area contributed by atoms with E-state index in [0.29, 0.717) is 5.88 Å². The summed E-state index contributed by atoms with van der Waals surface area (Å²) in [4.78, 5) is 6.26. The quantitative estimate of drug-likeness (QED) is 0.751. The van der Waals surface area contributed by atoms with Gasteiger partial charge in [0.05, 0.1) is 12.8 Å². The minimum Gasteiger partial charge on any atom is -0.479 e. The van der Waals surface area contributed by atoms with Gasteiger partial charge in [-0.05, 0) is 12.5 Å².